The standard InChI is InChI=1S/C14H10Cl2O2S/c15-10-6-4-9(5-7-10)8-19-12-3-1-2-11(16)13(12)14(17)18/h1-7H,8H2,(H,17,18). The van der Waals surface area contributed by atoms with E-state index in [0.29, 0.717) is 15.7 Å². The summed E-state index contributed by atoms with van der Waals surface area (Å²) in [5, 5.41) is 10.1. The predicted molar refractivity (Wildman–Crippen MR) is 79.4 cm³/mol. The molecule has 5 heteroatoms. The fourth-order valence-electron chi connectivity index (χ4n) is 1.57. The van der Waals surface area contributed by atoms with Crippen LogP contribution < -0.4 is 0 Å². The van der Waals surface area contributed by atoms with E-state index in [0.717, 1.165) is 5.56 Å². The predicted octanol–water partition coefficient (Wildman–Crippen LogP) is 4.98. The Morgan fingerprint density at radius 2 is 1.79 bits per heavy atom. The first-order valence-corrected chi connectivity index (χ1v) is 7.21. The van der Waals surface area contributed by atoms with E-state index in [-0.39, 0.29) is 10.6 Å². The first-order chi connectivity index (χ1) is 9.08. The maximum Gasteiger partial charge on any atom is 0.338 e. The van der Waals surface area contributed by atoms with Gasteiger partial charge >= 0.3 is 5.97 Å². The smallest absolute Gasteiger partial charge is 0.338 e. The van der Waals surface area contributed by atoms with Gasteiger partial charge in [-0.2, -0.15) is 0 Å². The van der Waals surface area contributed by atoms with Crippen LogP contribution in [-0.4, -0.2) is 11.1 Å². The van der Waals surface area contributed by atoms with Crippen LogP contribution in [0.3, 0.4) is 0 Å². The third-order valence-electron chi connectivity index (χ3n) is 2.50. The van der Waals surface area contributed by atoms with E-state index in [1.54, 1.807) is 18.2 Å². The van der Waals surface area contributed by atoms with E-state index in [9.17, 15) is 4.79 Å². The number of hydrogen-bond donors (Lipinski definition) is 1. The van der Waals surface area contributed by atoms with Gasteiger partial charge in [0.2, 0.25) is 0 Å². The van der Waals surface area contributed by atoms with Crippen molar-refractivity contribution in [3.8, 4) is 0 Å². The lowest BCUT2D eigenvalue weighted by Crippen LogP contribution is -2.00. The Bertz CT molecular complexity index is 597. The number of carboxylic acids is 1. The van der Waals surface area contributed by atoms with Crippen molar-refractivity contribution in [2.75, 3.05) is 0 Å². The van der Waals surface area contributed by atoms with Crippen LogP contribution in [0.4, 0.5) is 0 Å². The van der Waals surface area contributed by atoms with E-state index < -0.39 is 5.97 Å². The minimum Gasteiger partial charge on any atom is -0.478 e. The second-order valence-corrected chi connectivity index (χ2v) is 5.69. The van der Waals surface area contributed by atoms with Gasteiger partial charge in [-0.3, -0.25) is 0 Å². The molecule has 0 saturated carbocycles. The monoisotopic (exact) mass is 312 g/mol. The van der Waals surface area contributed by atoms with Crippen molar-refractivity contribution in [3.05, 3.63) is 63.6 Å². The zero-order valence-corrected chi connectivity index (χ0v) is 12.1. The molecule has 0 spiro atoms. The number of benzene rings is 2. The number of carbonyl (C=O) groups is 1. The van der Waals surface area contributed by atoms with Crippen molar-refractivity contribution in [3.63, 3.8) is 0 Å². The van der Waals surface area contributed by atoms with Gasteiger partial charge in [0.1, 0.15) is 0 Å². The molecule has 1 N–H and O–H groups in total. The molecule has 2 rings (SSSR count). The van der Waals surface area contributed by atoms with Gasteiger partial charge in [0.05, 0.1) is 10.6 Å². The quantitative estimate of drug-likeness (QED) is 0.809. The Balaban J connectivity index is 2.18. The summed E-state index contributed by atoms with van der Waals surface area (Å²) < 4.78 is 0. The molecule has 2 aromatic rings. The first-order valence-electron chi connectivity index (χ1n) is 5.47. The SMILES string of the molecule is O=C(O)c1c(Cl)cccc1SCc1ccc(Cl)cc1. The molecule has 2 aromatic carbocycles. The summed E-state index contributed by atoms with van der Waals surface area (Å²) in [6, 6.07) is 12.5. The highest BCUT2D eigenvalue weighted by molar-refractivity contribution is 7.98. The minimum absolute atomic E-state index is 0.156. The van der Waals surface area contributed by atoms with Crippen LogP contribution in [0.5, 0.6) is 0 Å². The second-order valence-electron chi connectivity index (χ2n) is 3.83. The van der Waals surface area contributed by atoms with Crippen molar-refractivity contribution in [1.82, 2.24) is 0 Å². The van der Waals surface area contributed by atoms with E-state index in [2.05, 4.69) is 0 Å². The first kappa shape index (κ1) is 14.3. The molecule has 98 valence electrons. The lowest BCUT2D eigenvalue weighted by atomic mass is 10.2. The fraction of sp³-hybridized carbons (Fsp3) is 0.0714. The summed E-state index contributed by atoms with van der Waals surface area (Å²) in [6.45, 7) is 0. The number of hydrogen-bond acceptors (Lipinski definition) is 2. The van der Waals surface area contributed by atoms with Crippen LogP contribution in [0, 0.1) is 0 Å². The zero-order chi connectivity index (χ0) is 13.8. The maximum absolute atomic E-state index is 11.2. The maximum atomic E-state index is 11.2. The van der Waals surface area contributed by atoms with Gasteiger partial charge in [0, 0.05) is 15.7 Å². The second kappa shape index (κ2) is 6.33. The van der Waals surface area contributed by atoms with Crippen molar-refractivity contribution in [2.45, 2.75) is 10.6 Å². The largest absolute Gasteiger partial charge is 0.478 e. The summed E-state index contributed by atoms with van der Waals surface area (Å²) >= 11 is 13.2. The molecule has 0 aliphatic rings. The average molecular weight is 313 g/mol. The Labute approximate surface area is 125 Å². The van der Waals surface area contributed by atoms with Crippen LogP contribution in [-0.2, 0) is 5.75 Å². The van der Waals surface area contributed by atoms with Gasteiger partial charge in [-0.1, -0.05) is 41.4 Å². The molecule has 0 aromatic heterocycles. The van der Waals surface area contributed by atoms with Gasteiger partial charge in [0.25, 0.3) is 0 Å². The highest BCUT2D eigenvalue weighted by atomic mass is 35.5. The molecule has 2 nitrogen and oxygen atoms in total. The van der Waals surface area contributed by atoms with Crippen LogP contribution in [0.2, 0.25) is 10.0 Å². The summed E-state index contributed by atoms with van der Waals surface area (Å²) in [7, 11) is 0. The van der Waals surface area contributed by atoms with Crippen molar-refractivity contribution in [1.29, 1.82) is 0 Å². The van der Waals surface area contributed by atoms with Crippen LogP contribution in [0.1, 0.15) is 15.9 Å². The fourth-order valence-corrected chi connectivity index (χ4v) is 3.04. The van der Waals surface area contributed by atoms with Gasteiger partial charge in [-0.05, 0) is 29.8 Å². The van der Waals surface area contributed by atoms with Gasteiger partial charge < -0.3 is 5.11 Å². The normalized spacial score (nSPS) is 10.4. The third-order valence-corrected chi connectivity index (χ3v) is 4.19. The van der Waals surface area contributed by atoms with E-state index in [4.69, 9.17) is 28.3 Å². The van der Waals surface area contributed by atoms with E-state index in [1.165, 1.54) is 11.8 Å². The van der Waals surface area contributed by atoms with Crippen molar-refractivity contribution < 1.29 is 9.90 Å². The Morgan fingerprint density at radius 3 is 2.42 bits per heavy atom. The minimum atomic E-state index is -1.01. The Hall–Kier alpha value is -1.16. The molecule has 0 unspecified atom stereocenters. The van der Waals surface area contributed by atoms with Crippen LogP contribution in [0.25, 0.3) is 0 Å². The van der Waals surface area contributed by atoms with Crippen LogP contribution >= 0.6 is 35.0 Å². The molecule has 0 heterocycles. The molecule has 0 radical (unpaired) electrons. The summed E-state index contributed by atoms with van der Waals surface area (Å²) in [4.78, 5) is 11.8. The number of carboxylic acid groups (broad SMARTS) is 1. The molecule has 0 amide bonds. The summed E-state index contributed by atoms with van der Waals surface area (Å²) in [5.74, 6) is -0.346. The van der Waals surface area contributed by atoms with Gasteiger partial charge in [-0.15, -0.1) is 11.8 Å². The van der Waals surface area contributed by atoms with Gasteiger partial charge in [0.15, 0.2) is 0 Å². The molecule has 0 aliphatic carbocycles. The van der Waals surface area contributed by atoms with Crippen LogP contribution in [0.15, 0.2) is 47.4 Å². The topological polar surface area (TPSA) is 37.3 Å². The summed E-state index contributed by atoms with van der Waals surface area (Å²) in [6.07, 6.45) is 0. The molecule has 0 aliphatic heterocycles. The number of aromatic carboxylic acids is 1. The number of halogens is 2. The Kier molecular flexibility index (Phi) is 4.75. The van der Waals surface area contributed by atoms with Crippen molar-refractivity contribution >= 4 is 40.9 Å². The van der Waals surface area contributed by atoms with E-state index >= 15 is 0 Å². The average Bonchev–Trinajstić information content (AvgIpc) is 2.37. The summed E-state index contributed by atoms with van der Waals surface area (Å²) in [5.41, 5.74) is 1.23. The third kappa shape index (κ3) is 3.66. The lowest BCUT2D eigenvalue weighted by Gasteiger charge is -2.07. The molecule has 0 bridgehead atoms. The molecule has 0 saturated heterocycles. The van der Waals surface area contributed by atoms with Gasteiger partial charge in [-0.25, -0.2) is 4.79 Å². The molecular weight excluding hydrogens is 303 g/mol. The number of thioether (sulfide) groups is 1. The molecule has 19 heavy (non-hydrogen) atoms. The van der Waals surface area contributed by atoms with Crippen molar-refractivity contribution in [2.24, 2.45) is 0 Å². The Morgan fingerprint density at radius 1 is 1.11 bits per heavy atom. The highest BCUT2D eigenvalue weighted by Crippen LogP contribution is 2.31. The number of rotatable bonds is 4. The highest BCUT2D eigenvalue weighted by Gasteiger charge is 2.14. The molecule has 0 atom stereocenters. The van der Waals surface area contributed by atoms with E-state index in [1.807, 2.05) is 24.3 Å². The molecule has 0 fully saturated rings. The lowest BCUT2D eigenvalue weighted by molar-refractivity contribution is 0.0693. The molecular formula is C14H10Cl2O2S. The zero-order valence-electron chi connectivity index (χ0n) is 9.77.